The van der Waals surface area contributed by atoms with Crippen molar-refractivity contribution in [3.05, 3.63) is 40.1 Å². The van der Waals surface area contributed by atoms with E-state index in [-0.39, 0.29) is 6.61 Å². The van der Waals surface area contributed by atoms with Crippen molar-refractivity contribution < 1.29 is 9.32 Å². The molecule has 0 bridgehead atoms. The molecule has 1 fully saturated rings. The van der Waals surface area contributed by atoms with Crippen molar-refractivity contribution in [2.75, 3.05) is 53.3 Å². The standard InChI is InChI=1S/C19H21Cl2N7O2S/c20-13-2-1-12(14(21)9-13)10-23-17-15-16(24-11-25-17)18(27-19(26-15)22-3-6-29)28-4-7-31(30)8-5-28/h1-2,9,11,29H,3-8,10H2,(H,22,26,27)(H,23,24,25). The van der Waals surface area contributed by atoms with Crippen LogP contribution in [0.4, 0.5) is 17.6 Å². The summed E-state index contributed by atoms with van der Waals surface area (Å²) in [6.07, 6.45) is 1.46. The lowest BCUT2D eigenvalue weighted by atomic mass is 10.2. The third-order valence-corrected chi connectivity index (χ3v) is 6.66. The van der Waals surface area contributed by atoms with Gasteiger partial charge in [0.1, 0.15) is 17.4 Å². The van der Waals surface area contributed by atoms with Gasteiger partial charge in [-0.05, 0) is 17.7 Å². The molecule has 9 nitrogen and oxygen atoms in total. The van der Waals surface area contributed by atoms with Crippen molar-refractivity contribution in [2.24, 2.45) is 0 Å². The number of fused-ring (bicyclic) bond motifs is 1. The van der Waals surface area contributed by atoms with Crippen LogP contribution in [-0.2, 0) is 17.3 Å². The molecule has 0 atom stereocenters. The zero-order valence-electron chi connectivity index (χ0n) is 16.5. The van der Waals surface area contributed by atoms with E-state index in [0.29, 0.717) is 76.3 Å². The Kier molecular flexibility index (Phi) is 7.01. The number of halogens is 2. The highest BCUT2D eigenvalue weighted by atomic mass is 35.5. The summed E-state index contributed by atoms with van der Waals surface area (Å²) >= 11 is 12.3. The molecule has 0 unspecified atom stereocenters. The van der Waals surface area contributed by atoms with Crippen LogP contribution in [0.5, 0.6) is 0 Å². The fraction of sp³-hybridized carbons (Fsp3) is 0.368. The second-order valence-electron chi connectivity index (χ2n) is 6.87. The lowest BCUT2D eigenvalue weighted by Crippen LogP contribution is -2.38. The molecule has 3 heterocycles. The Bertz CT molecular complexity index is 1110. The molecule has 3 N–H and O–H groups in total. The number of anilines is 3. The third kappa shape index (κ3) is 5.15. The first-order valence-corrected chi connectivity index (χ1v) is 11.9. The molecule has 1 aliphatic heterocycles. The Morgan fingerprint density at radius 3 is 2.65 bits per heavy atom. The summed E-state index contributed by atoms with van der Waals surface area (Å²) in [4.78, 5) is 20.0. The van der Waals surface area contributed by atoms with E-state index in [1.807, 2.05) is 6.07 Å². The van der Waals surface area contributed by atoms with Gasteiger partial charge in [-0.2, -0.15) is 4.98 Å². The van der Waals surface area contributed by atoms with Crippen molar-refractivity contribution in [3.8, 4) is 0 Å². The molecule has 0 aliphatic carbocycles. The minimum absolute atomic E-state index is 0.0507. The second-order valence-corrected chi connectivity index (χ2v) is 9.40. The van der Waals surface area contributed by atoms with Gasteiger partial charge in [-0.25, -0.2) is 15.0 Å². The van der Waals surface area contributed by atoms with Crippen LogP contribution in [0.3, 0.4) is 0 Å². The number of nitrogens with zero attached hydrogens (tertiary/aromatic N) is 5. The van der Waals surface area contributed by atoms with Crippen LogP contribution in [0, 0.1) is 0 Å². The van der Waals surface area contributed by atoms with E-state index in [4.69, 9.17) is 23.2 Å². The van der Waals surface area contributed by atoms with Crippen LogP contribution in [0.25, 0.3) is 11.0 Å². The number of rotatable bonds is 7. The van der Waals surface area contributed by atoms with Gasteiger partial charge < -0.3 is 20.6 Å². The molecule has 1 aromatic carbocycles. The molecule has 1 aliphatic rings. The lowest BCUT2D eigenvalue weighted by Gasteiger charge is -2.28. The summed E-state index contributed by atoms with van der Waals surface area (Å²) in [6, 6.07) is 5.32. The number of hydrogen-bond donors (Lipinski definition) is 3. The molecule has 12 heteroatoms. The zero-order chi connectivity index (χ0) is 21.8. The minimum atomic E-state index is -0.812. The summed E-state index contributed by atoms with van der Waals surface area (Å²) < 4.78 is 11.8. The molecule has 4 rings (SSSR count). The van der Waals surface area contributed by atoms with Gasteiger partial charge >= 0.3 is 0 Å². The summed E-state index contributed by atoms with van der Waals surface area (Å²) in [6.45, 7) is 1.91. The van der Waals surface area contributed by atoms with Gasteiger partial charge in [0, 0.05) is 58.5 Å². The molecule has 0 saturated carbocycles. The molecule has 3 aromatic rings. The van der Waals surface area contributed by atoms with Crippen molar-refractivity contribution in [1.82, 2.24) is 19.9 Å². The van der Waals surface area contributed by atoms with E-state index < -0.39 is 10.8 Å². The average molecular weight is 482 g/mol. The van der Waals surface area contributed by atoms with Gasteiger partial charge in [0.05, 0.1) is 6.61 Å². The Morgan fingerprint density at radius 1 is 1.10 bits per heavy atom. The predicted molar refractivity (Wildman–Crippen MR) is 125 cm³/mol. The van der Waals surface area contributed by atoms with E-state index >= 15 is 0 Å². The lowest BCUT2D eigenvalue weighted by molar-refractivity contribution is 0.311. The highest BCUT2D eigenvalue weighted by molar-refractivity contribution is 7.85. The summed E-state index contributed by atoms with van der Waals surface area (Å²) in [5.74, 6) is 2.71. The van der Waals surface area contributed by atoms with Gasteiger partial charge in [0.15, 0.2) is 11.6 Å². The molecule has 164 valence electrons. The van der Waals surface area contributed by atoms with E-state index in [1.54, 1.807) is 12.1 Å². The third-order valence-electron chi connectivity index (χ3n) is 4.80. The summed E-state index contributed by atoms with van der Waals surface area (Å²) in [5, 5.41) is 16.6. The molecule has 0 spiro atoms. The number of aromatic nitrogens is 4. The largest absolute Gasteiger partial charge is 0.395 e. The minimum Gasteiger partial charge on any atom is -0.395 e. The highest BCUT2D eigenvalue weighted by Crippen LogP contribution is 2.29. The predicted octanol–water partition coefficient (Wildman–Crippen LogP) is 2.31. The highest BCUT2D eigenvalue weighted by Gasteiger charge is 2.22. The van der Waals surface area contributed by atoms with Gasteiger partial charge in [-0.1, -0.05) is 29.3 Å². The first-order valence-electron chi connectivity index (χ1n) is 9.70. The van der Waals surface area contributed by atoms with Crippen molar-refractivity contribution in [1.29, 1.82) is 0 Å². The van der Waals surface area contributed by atoms with Crippen LogP contribution < -0.4 is 15.5 Å². The van der Waals surface area contributed by atoms with E-state index in [2.05, 4.69) is 35.5 Å². The van der Waals surface area contributed by atoms with Crippen molar-refractivity contribution >= 4 is 62.6 Å². The molecule has 0 radical (unpaired) electrons. The number of nitrogens with one attached hydrogen (secondary N) is 2. The van der Waals surface area contributed by atoms with E-state index in [9.17, 15) is 9.32 Å². The molecule has 1 saturated heterocycles. The number of aliphatic hydroxyl groups excluding tert-OH is 1. The molecular weight excluding hydrogens is 461 g/mol. The van der Waals surface area contributed by atoms with Gasteiger partial charge in [-0.15, -0.1) is 0 Å². The molecule has 2 aromatic heterocycles. The molecule has 0 amide bonds. The van der Waals surface area contributed by atoms with E-state index in [0.717, 1.165) is 5.56 Å². The Labute approximate surface area is 191 Å². The number of benzene rings is 1. The van der Waals surface area contributed by atoms with Crippen LogP contribution in [0.15, 0.2) is 24.5 Å². The quantitative estimate of drug-likeness (QED) is 0.467. The normalized spacial score (nSPS) is 14.7. The summed E-state index contributed by atoms with van der Waals surface area (Å²) in [7, 11) is -0.812. The number of aliphatic hydroxyl groups is 1. The van der Waals surface area contributed by atoms with Crippen LogP contribution in [0.1, 0.15) is 5.56 Å². The topological polar surface area (TPSA) is 116 Å². The fourth-order valence-corrected chi connectivity index (χ4v) is 4.75. The Morgan fingerprint density at radius 2 is 1.90 bits per heavy atom. The van der Waals surface area contributed by atoms with Crippen LogP contribution >= 0.6 is 23.2 Å². The van der Waals surface area contributed by atoms with Crippen LogP contribution in [0.2, 0.25) is 10.0 Å². The monoisotopic (exact) mass is 481 g/mol. The number of hydrogen-bond acceptors (Lipinski definition) is 9. The van der Waals surface area contributed by atoms with Crippen molar-refractivity contribution in [2.45, 2.75) is 6.54 Å². The molecule has 31 heavy (non-hydrogen) atoms. The van der Waals surface area contributed by atoms with Gasteiger partial charge in [0.25, 0.3) is 0 Å². The fourth-order valence-electron chi connectivity index (χ4n) is 3.22. The Balaban J connectivity index is 1.70. The summed E-state index contributed by atoms with van der Waals surface area (Å²) in [5.41, 5.74) is 2.01. The van der Waals surface area contributed by atoms with Crippen molar-refractivity contribution in [3.63, 3.8) is 0 Å². The molecular formula is C19H21Cl2N7O2S. The van der Waals surface area contributed by atoms with Gasteiger partial charge in [0.2, 0.25) is 5.95 Å². The van der Waals surface area contributed by atoms with Crippen LogP contribution in [-0.4, -0.2) is 67.0 Å². The van der Waals surface area contributed by atoms with E-state index in [1.165, 1.54) is 6.33 Å². The maximum absolute atomic E-state index is 11.8. The first-order chi connectivity index (χ1) is 15.0. The SMILES string of the molecule is O=S1CCN(c2nc(NCCO)nc3c(NCc4ccc(Cl)cc4Cl)ncnc23)CC1. The maximum Gasteiger partial charge on any atom is 0.225 e. The first kappa shape index (κ1) is 21.9. The smallest absolute Gasteiger partial charge is 0.225 e. The zero-order valence-corrected chi connectivity index (χ0v) is 18.8. The second kappa shape index (κ2) is 9.90. The maximum atomic E-state index is 11.8. The Hall–Kier alpha value is -2.27. The van der Waals surface area contributed by atoms with Gasteiger partial charge in [-0.3, -0.25) is 4.21 Å². The average Bonchev–Trinajstić information content (AvgIpc) is 2.77.